The Labute approximate surface area is 161 Å². The van der Waals surface area contributed by atoms with Crippen LogP contribution in [0.15, 0.2) is 48.5 Å². The molecule has 0 aliphatic carbocycles. The fourth-order valence-electron chi connectivity index (χ4n) is 4.36. The van der Waals surface area contributed by atoms with Crippen molar-refractivity contribution >= 4 is 17.2 Å². The lowest BCUT2D eigenvalue weighted by atomic mass is 10.2. The summed E-state index contributed by atoms with van der Waals surface area (Å²) < 4.78 is 4.23. The van der Waals surface area contributed by atoms with Gasteiger partial charge in [-0.15, -0.1) is 0 Å². The summed E-state index contributed by atoms with van der Waals surface area (Å²) >= 11 is 0. The summed E-state index contributed by atoms with van der Waals surface area (Å²) in [5, 5.41) is 4.52. The van der Waals surface area contributed by atoms with Gasteiger partial charge in [-0.2, -0.15) is 5.10 Å². The third kappa shape index (κ3) is 2.69. The van der Waals surface area contributed by atoms with Crippen LogP contribution in [-0.2, 0) is 14.1 Å². The molecule has 0 radical (unpaired) electrons. The lowest BCUT2D eigenvalue weighted by molar-refractivity contribution is -0.647. The quantitative estimate of drug-likeness (QED) is 0.661. The lowest BCUT2D eigenvalue weighted by Crippen LogP contribution is -2.47. The van der Waals surface area contributed by atoms with Gasteiger partial charge < -0.3 is 4.90 Å². The SMILES string of the molecule is Cc1cc(-c2cccc(N3c4ccccc4N(C(C)C)[C@H]3C)[n+]2C)n(C)n1. The van der Waals surface area contributed by atoms with Gasteiger partial charge in [0.15, 0.2) is 17.5 Å². The first-order chi connectivity index (χ1) is 12.9. The van der Waals surface area contributed by atoms with Crippen molar-refractivity contribution in [3.63, 3.8) is 0 Å². The number of pyridine rings is 1. The maximum Gasteiger partial charge on any atom is 0.283 e. The summed E-state index contributed by atoms with van der Waals surface area (Å²) in [5.74, 6) is 1.18. The van der Waals surface area contributed by atoms with Crippen molar-refractivity contribution in [2.45, 2.75) is 39.9 Å². The van der Waals surface area contributed by atoms with Gasteiger partial charge in [0.25, 0.3) is 5.82 Å². The van der Waals surface area contributed by atoms with Crippen LogP contribution in [-0.4, -0.2) is 22.0 Å². The van der Waals surface area contributed by atoms with Crippen LogP contribution in [0, 0.1) is 6.92 Å². The number of benzene rings is 1. The van der Waals surface area contributed by atoms with Gasteiger partial charge in [0.2, 0.25) is 0 Å². The molecule has 4 rings (SSSR count). The molecule has 1 aliphatic heterocycles. The van der Waals surface area contributed by atoms with E-state index in [4.69, 9.17) is 0 Å². The van der Waals surface area contributed by atoms with Gasteiger partial charge in [-0.05, 0) is 58.0 Å². The van der Waals surface area contributed by atoms with E-state index < -0.39 is 0 Å². The van der Waals surface area contributed by atoms with Crippen LogP contribution in [0.25, 0.3) is 11.4 Å². The summed E-state index contributed by atoms with van der Waals surface area (Å²) in [6, 6.07) is 17.8. The van der Waals surface area contributed by atoms with E-state index >= 15 is 0 Å². The van der Waals surface area contributed by atoms with E-state index in [1.165, 1.54) is 17.2 Å². The van der Waals surface area contributed by atoms with Gasteiger partial charge in [-0.1, -0.05) is 12.1 Å². The topological polar surface area (TPSA) is 28.2 Å². The standard InChI is InChI=1S/C22H28N5/c1-15(2)26-17(4)27(20-11-8-7-10-19(20)26)22-13-9-12-18(24(22)5)21-14-16(3)23-25(21)6/h7-15,17H,1-6H3/q+1/t17-/m1/s1. The van der Waals surface area contributed by atoms with Crippen LogP contribution < -0.4 is 14.4 Å². The fraction of sp³-hybridized carbons (Fsp3) is 0.364. The highest BCUT2D eigenvalue weighted by Crippen LogP contribution is 2.44. The van der Waals surface area contributed by atoms with Crippen molar-refractivity contribution in [1.29, 1.82) is 0 Å². The fourth-order valence-corrected chi connectivity index (χ4v) is 4.36. The third-order valence-corrected chi connectivity index (χ3v) is 5.47. The number of fused-ring (bicyclic) bond motifs is 1. The van der Waals surface area contributed by atoms with Gasteiger partial charge in [0.1, 0.15) is 5.69 Å². The Bertz CT molecular complexity index is 988. The highest BCUT2D eigenvalue weighted by atomic mass is 15.4. The molecular formula is C22H28N5+. The van der Waals surface area contributed by atoms with E-state index in [2.05, 4.69) is 95.8 Å². The van der Waals surface area contributed by atoms with Crippen LogP contribution in [0.5, 0.6) is 0 Å². The maximum absolute atomic E-state index is 4.52. The number of aryl methyl sites for hydroxylation is 2. The monoisotopic (exact) mass is 362 g/mol. The summed E-state index contributed by atoms with van der Waals surface area (Å²) in [6.45, 7) is 8.82. The predicted molar refractivity (Wildman–Crippen MR) is 110 cm³/mol. The third-order valence-electron chi connectivity index (χ3n) is 5.47. The molecule has 3 heterocycles. The molecule has 1 atom stereocenters. The van der Waals surface area contributed by atoms with E-state index in [9.17, 15) is 0 Å². The van der Waals surface area contributed by atoms with E-state index in [0.717, 1.165) is 17.1 Å². The molecule has 0 amide bonds. The van der Waals surface area contributed by atoms with Gasteiger partial charge in [-0.25, -0.2) is 9.47 Å². The number of hydrogen-bond donors (Lipinski definition) is 0. The molecule has 2 aromatic heterocycles. The van der Waals surface area contributed by atoms with Gasteiger partial charge >= 0.3 is 0 Å². The summed E-state index contributed by atoms with van der Waals surface area (Å²) in [4.78, 5) is 4.91. The first kappa shape index (κ1) is 17.6. The Morgan fingerprint density at radius 3 is 2.37 bits per heavy atom. The minimum absolute atomic E-state index is 0.247. The van der Waals surface area contributed by atoms with E-state index in [0.29, 0.717) is 6.04 Å². The van der Waals surface area contributed by atoms with Crippen molar-refractivity contribution in [2.24, 2.45) is 14.1 Å². The highest BCUT2D eigenvalue weighted by Gasteiger charge is 2.42. The average Bonchev–Trinajstić information content (AvgIpc) is 3.11. The first-order valence-corrected chi connectivity index (χ1v) is 9.57. The smallest absolute Gasteiger partial charge is 0.283 e. The Balaban J connectivity index is 1.87. The molecule has 0 saturated heterocycles. The van der Waals surface area contributed by atoms with Gasteiger partial charge in [0.05, 0.1) is 18.4 Å². The zero-order chi connectivity index (χ0) is 19.3. The first-order valence-electron chi connectivity index (χ1n) is 9.57. The van der Waals surface area contributed by atoms with Gasteiger partial charge in [0, 0.05) is 19.2 Å². The summed E-state index contributed by atoms with van der Waals surface area (Å²) in [6.07, 6.45) is 0.247. The number of para-hydroxylation sites is 2. The van der Waals surface area contributed by atoms with Crippen LogP contribution in [0.1, 0.15) is 26.5 Å². The minimum atomic E-state index is 0.247. The Morgan fingerprint density at radius 1 is 1.04 bits per heavy atom. The predicted octanol–water partition coefficient (Wildman–Crippen LogP) is 3.93. The summed E-state index contributed by atoms with van der Waals surface area (Å²) in [7, 11) is 4.14. The second-order valence-corrected chi connectivity index (χ2v) is 7.61. The Hall–Kier alpha value is -2.82. The summed E-state index contributed by atoms with van der Waals surface area (Å²) in [5.41, 5.74) is 5.86. The molecule has 5 nitrogen and oxygen atoms in total. The number of hydrogen-bond acceptors (Lipinski definition) is 3. The van der Waals surface area contributed by atoms with Gasteiger partial charge in [-0.3, -0.25) is 4.68 Å². The lowest BCUT2D eigenvalue weighted by Gasteiger charge is -2.28. The Kier molecular flexibility index (Phi) is 4.17. The molecule has 0 spiro atoms. The van der Waals surface area contributed by atoms with Crippen LogP contribution in [0.2, 0.25) is 0 Å². The van der Waals surface area contributed by atoms with Crippen LogP contribution >= 0.6 is 0 Å². The molecule has 3 aromatic rings. The normalized spacial score (nSPS) is 16.3. The average molecular weight is 363 g/mol. The molecule has 0 saturated carbocycles. The highest BCUT2D eigenvalue weighted by molar-refractivity contribution is 5.82. The number of rotatable bonds is 3. The largest absolute Gasteiger partial charge is 0.327 e. The van der Waals surface area contributed by atoms with Crippen LogP contribution in [0.3, 0.4) is 0 Å². The van der Waals surface area contributed by atoms with Crippen molar-refractivity contribution in [3.8, 4) is 11.4 Å². The molecule has 0 fully saturated rings. The Morgan fingerprint density at radius 2 is 1.74 bits per heavy atom. The minimum Gasteiger partial charge on any atom is -0.327 e. The molecule has 1 aromatic carbocycles. The zero-order valence-electron chi connectivity index (χ0n) is 17.0. The molecule has 0 unspecified atom stereocenters. The van der Waals surface area contributed by atoms with E-state index in [1.54, 1.807) is 0 Å². The number of nitrogens with zero attached hydrogens (tertiary/aromatic N) is 5. The molecular weight excluding hydrogens is 334 g/mol. The van der Waals surface area contributed by atoms with E-state index in [-0.39, 0.29) is 6.17 Å². The number of anilines is 3. The molecule has 0 bridgehead atoms. The second-order valence-electron chi connectivity index (χ2n) is 7.61. The van der Waals surface area contributed by atoms with Crippen molar-refractivity contribution < 1.29 is 4.57 Å². The van der Waals surface area contributed by atoms with E-state index in [1.807, 2.05) is 18.7 Å². The second kappa shape index (κ2) is 6.41. The molecule has 5 heteroatoms. The molecule has 27 heavy (non-hydrogen) atoms. The van der Waals surface area contributed by atoms with Crippen LogP contribution in [0.4, 0.5) is 17.2 Å². The van der Waals surface area contributed by atoms with Crippen molar-refractivity contribution in [2.75, 3.05) is 9.80 Å². The molecule has 1 aliphatic rings. The molecule has 140 valence electrons. The number of aromatic nitrogens is 3. The maximum atomic E-state index is 4.52. The zero-order valence-corrected chi connectivity index (χ0v) is 17.0. The molecule has 0 N–H and O–H groups in total. The van der Waals surface area contributed by atoms with Crippen molar-refractivity contribution in [3.05, 3.63) is 54.2 Å². The van der Waals surface area contributed by atoms with Crippen molar-refractivity contribution in [1.82, 2.24) is 9.78 Å².